The van der Waals surface area contributed by atoms with E-state index in [-0.39, 0.29) is 12.5 Å². The van der Waals surface area contributed by atoms with Crippen LogP contribution in [0.2, 0.25) is 0 Å². The van der Waals surface area contributed by atoms with Crippen LogP contribution >= 0.6 is 0 Å². The average Bonchev–Trinajstić information content (AvgIpc) is 2.71. The number of nitrogens with one attached hydrogen (secondary N) is 1. The summed E-state index contributed by atoms with van der Waals surface area (Å²) < 4.78 is 26.7. The van der Waals surface area contributed by atoms with Crippen molar-refractivity contribution in [2.24, 2.45) is 0 Å². The van der Waals surface area contributed by atoms with Gasteiger partial charge in [-0.25, -0.2) is 8.42 Å². The number of amides is 2. The van der Waals surface area contributed by atoms with Crippen LogP contribution in [0, 0.1) is 20.8 Å². The normalized spacial score (nSPS) is 12.7. The van der Waals surface area contributed by atoms with Crippen LogP contribution in [0.1, 0.15) is 56.4 Å². The van der Waals surface area contributed by atoms with Crippen molar-refractivity contribution < 1.29 is 18.0 Å². The fourth-order valence-electron chi connectivity index (χ4n) is 3.96. The van der Waals surface area contributed by atoms with Gasteiger partial charge in [-0.15, -0.1) is 0 Å². The zero-order chi connectivity index (χ0) is 26.6. The Kier molecular flexibility index (Phi) is 9.11. The van der Waals surface area contributed by atoms with Crippen molar-refractivity contribution in [3.63, 3.8) is 0 Å². The molecular formula is C27H39N3O4S. The lowest BCUT2D eigenvalue weighted by Gasteiger charge is -2.34. The first-order valence-corrected chi connectivity index (χ1v) is 13.7. The summed E-state index contributed by atoms with van der Waals surface area (Å²) in [5, 5.41) is 2.97. The van der Waals surface area contributed by atoms with Gasteiger partial charge in [0.25, 0.3) is 0 Å². The molecule has 2 rings (SSSR count). The molecule has 2 aromatic carbocycles. The summed E-state index contributed by atoms with van der Waals surface area (Å²) in [6.45, 7) is 13.0. The zero-order valence-electron chi connectivity index (χ0n) is 22.2. The Morgan fingerprint density at radius 2 is 1.63 bits per heavy atom. The van der Waals surface area contributed by atoms with Crippen molar-refractivity contribution in [2.75, 3.05) is 17.1 Å². The minimum atomic E-state index is -3.76. The van der Waals surface area contributed by atoms with Crippen LogP contribution < -0.4 is 9.62 Å². The second-order valence-electron chi connectivity index (χ2n) is 10.2. The molecule has 2 amide bonds. The van der Waals surface area contributed by atoms with E-state index in [0.717, 1.165) is 32.8 Å². The van der Waals surface area contributed by atoms with Crippen molar-refractivity contribution >= 4 is 27.5 Å². The van der Waals surface area contributed by atoms with Gasteiger partial charge in [-0.05, 0) is 70.7 Å². The van der Waals surface area contributed by atoms with E-state index < -0.39 is 34.1 Å². The Morgan fingerprint density at radius 1 is 1.00 bits per heavy atom. The van der Waals surface area contributed by atoms with Crippen molar-refractivity contribution in [2.45, 2.75) is 73.0 Å². The molecule has 0 bridgehead atoms. The molecule has 1 atom stereocenters. The summed E-state index contributed by atoms with van der Waals surface area (Å²) in [5.74, 6) is -0.701. The first-order chi connectivity index (χ1) is 16.1. The fraction of sp³-hybridized carbons (Fsp3) is 0.481. The summed E-state index contributed by atoms with van der Waals surface area (Å²) in [7, 11) is -3.76. The van der Waals surface area contributed by atoms with Crippen molar-refractivity contribution in [1.29, 1.82) is 0 Å². The van der Waals surface area contributed by atoms with Gasteiger partial charge in [0.05, 0.1) is 11.9 Å². The molecule has 0 radical (unpaired) electrons. The molecule has 0 heterocycles. The number of hydrogen-bond acceptors (Lipinski definition) is 4. The highest BCUT2D eigenvalue weighted by Crippen LogP contribution is 2.25. The predicted molar refractivity (Wildman–Crippen MR) is 142 cm³/mol. The molecule has 0 fully saturated rings. The topological polar surface area (TPSA) is 86.8 Å². The van der Waals surface area contributed by atoms with Crippen LogP contribution in [0.25, 0.3) is 0 Å². The summed E-state index contributed by atoms with van der Waals surface area (Å²) in [4.78, 5) is 28.5. The van der Waals surface area contributed by atoms with Gasteiger partial charge in [0, 0.05) is 12.1 Å². The maximum Gasteiger partial charge on any atom is 0.244 e. The van der Waals surface area contributed by atoms with E-state index in [2.05, 4.69) is 5.32 Å². The Hall–Kier alpha value is -2.87. The molecule has 2 aromatic rings. The number of nitrogens with zero attached hydrogens (tertiary/aromatic N) is 2. The van der Waals surface area contributed by atoms with E-state index in [1.807, 2.05) is 84.9 Å². The van der Waals surface area contributed by atoms with Crippen molar-refractivity contribution in [1.82, 2.24) is 10.2 Å². The lowest BCUT2D eigenvalue weighted by atomic mass is 10.0. The van der Waals surface area contributed by atoms with E-state index in [1.54, 1.807) is 6.07 Å². The molecule has 0 saturated carbocycles. The Labute approximate surface area is 210 Å². The molecule has 0 saturated heterocycles. The van der Waals surface area contributed by atoms with Gasteiger partial charge >= 0.3 is 0 Å². The summed E-state index contributed by atoms with van der Waals surface area (Å²) in [6.07, 6.45) is 1.48. The summed E-state index contributed by atoms with van der Waals surface area (Å²) >= 11 is 0. The third-order valence-electron chi connectivity index (χ3n) is 5.63. The molecule has 1 N–H and O–H groups in total. The number of carbonyl (C=O) groups is 2. The first kappa shape index (κ1) is 28.4. The molecule has 35 heavy (non-hydrogen) atoms. The van der Waals surface area contributed by atoms with Crippen molar-refractivity contribution in [3.8, 4) is 0 Å². The molecule has 0 aromatic heterocycles. The molecule has 7 nitrogen and oxygen atoms in total. The number of aryl methyl sites for hydroxylation is 3. The summed E-state index contributed by atoms with van der Waals surface area (Å²) in [5.41, 5.74) is 3.53. The Bertz CT molecular complexity index is 1170. The molecule has 8 heteroatoms. The second kappa shape index (κ2) is 11.2. The highest BCUT2D eigenvalue weighted by Gasteiger charge is 2.33. The largest absolute Gasteiger partial charge is 0.350 e. The number of hydrogen-bond donors (Lipinski definition) is 1. The number of benzene rings is 2. The van der Waals surface area contributed by atoms with Crippen molar-refractivity contribution in [3.05, 3.63) is 64.7 Å². The molecular weight excluding hydrogens is 462 g/mol. The monoisotopic (exact) mass is 501 g/mol. The van der Waals surface area contributed by atoms with Gasteiger partial charge < -0.3 is 10.2 Å². The number of carbonyl (C=O) groups excluding carboxylic acids is 2. The molecule has 1 unspecified atom stereocenters. The fourth-order valence-corrected chi connectivity index (χ4v) is 4.86. The predicted octanol–water partition coefficient (Wildman–Crippen LogP) is 4.10. The van der Waals surface area contributed by atoms with Crippen LogP contribution in [0.5, 0.6) is 0 Å². The maximum absolute atomic E-state index is 13.8. The maximum atomic E-state index is 13.8. The van der Waals surface area contributed by atoms with Gasteiger partial charge in [-0.1, -0.05) is 48.9 Å². The number of rotatable bonds is 9. The van der Waals surface area contributed by atoms with Crippen LogP contribution in [-0.4, -0.2) is 49.5 Å². The summed E-state index contributed by atoms with van der Waals surface area (Å²) in [6, 6.07) is 12.5. The smallest absolute Gasteiger partial charge is 0.244 e. The lowest BCUT2D eigenvalue weighted by Crippen LogP contribution is -2.55. The number of sulfonamides is 1. The van der Waals surface area contributed by atoms with E-state index in [9.17, 15) is 18.0 Å². The molecule has 0 aliphatic carbocycles. The average molecular weight is 502 g/mol. The van der Waals surface area contributed by atoms with Crippen LogP contribution in [0.4, 0.5) is 5.69 Å². The van der Waals surface area contributed by atoms with E-state index in [1.165, 1.54) is 4.90 Å². The van der Waals surface area contributed by atoms with E-state index in [0.29, 0.717) is 12.1 Å². The molecule has 0 aliphatic rings. The first-order valence-electron chi connectivity index (χ1n) is 11.8. The third-order valence-corrected chi connectivity index (χ3v) is 6.76. The third kappa shape index (κ3) is 8.09. The quantitative estimate of drug-likeness (QED) is 0.560. The minimum absolute atomic E-state index is 0.195. The Balaban J connectivity index is 2.51. The highest BCUT2D eigenvalue weighted by molar-refractivity contribution is 7.92. The molecule has 192 valence electrons. The lowest BCUT2D eigenvalue weighted by molar-refractivity contribution is -0.141. The van der Waals surface area contributed by atoms with Gasteiger partial charge in [-0.2, -0.15) is 0 Å². The van der Waals surface area contributed by atoms with E-state index >= 15 is 0 Å². The number of anilines is 1. The molecule has 0 spiro atoms. The minimum Gasteiger partial charge on any atom is -0.350 e. The van der Waals surface area contributed by atoms with Crippen LogP contribution in [-0.2, 0) is 26.2 Å². The van der Waals surface area contributed by atoms with Crippen LogP contribution in [0.3, 0.4) is 0 Å². The van der Waals surface area contributed by atoms with Gasteiger partial charge in [-0.3, -0.25) is 13.9 Å². The van der Waals surface area contributed by atoms with E-state index in [4.69, 9.17) is 0 Å². The highest BCUT2D eigenvalue weighted by atomic mass is 32.2. The standard InChI is InChI=1S/C27H39N3O4S/c1-9-23(26(32)28-27(5,6)7)29(17-22-12-10-11-19(2)15-22)25(31)18-30(35(8,33)34)24-16-20(3)13-14-21(24)4/h10-16,23H,9,17-18H2,1-8H3,(H,28,32). The van der Waals surface area contributed by atoms with Gasteiger partial charge in [0.1, 0.15) is 12.6 Å². The SMILES string of the molecule is CCC(C(=O)NC(C)(C)C)N(Cc1cccc(C)c1)C(=O)CN(c1cc(C)ccc1C)S(C)(=O)=O. The molecule has 0 aliphatic heterocycles. The van der Waals surface area contributed by atoms with Crippen LogP contribution in [0.15, 0.2) is 42.5 Å². The second-order valence-corrected chi connectivity index (χ2v) is 12.1. The zero-order valence-corrected chi connectivity index (χ0v) is 23.0. The Morgan fingerprint density at radius 3 is 2.17 bits per heavy atom. The van der Waals surface area contributed by atoms with Gasteiger partial charge in [0.2, 0.25) is 21.8 Å². The van der Waals surface area contributed by atoms with Gasteiger partial charge in [0.15, 0.2) is 0 Å².